The smallest absolute Gasteiger partial charge is 0.305 e. The molecule has 3 rings (SSSR count). The highest BCUT2D eigenvalue weighted by molar-refractivity contribution is 5.97. The molecule has 8 atom stereocenters. The largest absolute Gasteiger partial charge is 0.490 e. The van der Waals surface area contributed by atoms with E-state index in [0.717, 1.165) is 0 Å². The lowest BCUT2D eigenvalue weighted by atomic mass is 10.0. The number of carbonyl (C=O) groups excluding carboxylic acids is 7. The van der Waals surface area contributed by atoms with Crippen molar-refractivity contribution in [1.29, 1.82) is 0 Å². The summed E-state index contributed by atoms with van der Waals surface area (Å²) >= 11 is 0. The summed E-state index contributed by atoms with van der Waals surface area (Å²) in [6, 6.07) is -0.936. The summed E-state index contributed by atoms with van der Waals surface area (Å²) in [4.78, 5) is 110. The second-order valence-corrected chi connectivity index (χ2v) is 16.8. The van der Waals surface area contributed by atoms with Crippen molar-refractivity contribution in [3.63, 3.8) is 0 Å². The Labute approximate surface area is 350 Å². The van der Waals surface area contributed by atoms with Crippen LogP contribution in [0.1, 0.15) is 86.1 Å². The zero-order valence-corrected chi connectivity index (χ0v) is 35.5. The Morgan fingerprint density at radius 3 is 2.08 bits per heavy atom. The lowest BCUT2D eigenvalue weighted by Gasteiger charge is -2.35. The number of amides is 7. The van der Waals surface area contributed by atoms with Gasteiger partial charge in [0.1, 0.15) is 36.5 Å². The number of carboxylic acids is 1. The van der Waals surface area contributed by atoms with E-state index in [1.165, 1.54) is 11.8 Å². The van der Waals surface area contributed by atoms with Crippen LogP contribution in [-0.4, -0.2) is 130 Å². The fraction of sp³-hybridized carbons (Fsp3) is 0.610. The van der Waals surface area contributed by atoms with E-state index in [-0.39, 0.29) is 44.8 Å². The molecule has 1 aromatic rings. The van der Waals surface area contributed by atoms with Crippen molar-refractivity contribution < 1.29 is 53.3 Å². The van der Waals surface area contributed by atoms with Crippen LogP contribution in [-0.2, 0) is 44.8 Å². The van der Waals surface area contributed by atoms with Crippen molar-refractivity contribution >= 4 is 47.3 Å². The van der Waals surface area contributed by atoms with Gasteiger partial charge in [0.25, 0.3) is 5.91 Å². The Balaban J connectivity index is 2.12. The minimum Gasteiger partial charge on any atom is -0.490 e. The summed E-state index contributed by atoms with van der Waals surface area (Å²) < 4.78 is 5.57. The van der Waals surface area contributed by atoms with Crippen LogP contribution in [0.5, 0.6) is 5.75 Å². The fourth-order valence-electron chi connectivity index (χ4n) is 6.87. The third kappa shape index (κ3) is 15.2. The summed E-state index contributed by atoms with van der Waals surface area (Å²) in [6.45, 7) is 15.5. The Hall–Kier alpha value is -5.56. The molecule has 332 valence electrons. The molecule has 2 aliphatic heterocycles. The summed E-state index contributed by atoms with van der Waals surface area (Å²) in [7, 11) is 0. The second-order valence-electron chi connectivity index (χ2n) is 16.8. The maximum Gasteiger partial charge on any atom is 0.305 e. The number of ether oxygens (including phenoxy) is 1. The number of aliphatic carboxylic acids is 1. The van der Waals surface area contributed by atoms with Crippen LogP contribution in [0.15, 0.2) is 36.9 Å². The summed E-state index contributed by atoms with van der Waals surface area (Å²) in [5.74, 6) is -6.76. The molecule has 0 aromatic heterocycles. The number of benzene rings is 1. The molecule has 19 heteroatoms. The molecule has 0 saturated carbocycles. The number of rotatable bonds is 11. The number of hydrogen-bond acceptors (Lipinski definition) is 11. The van der Waals surface area contributed by atoms with Crippen LogP contribution in [0.3, 0.4) is 0 Å². The molecule has 9 N–H and O–H groups in total. The van der Waals surface area contributed by atoms with Crippen molar-refractivity contribution in [1.82, 2.24) is 42.1 Å². The molecule has 0 radical (unpaired) electrons. The average molecular weight is 843 g/mol. The summed E-state index contributed by atoms with van der Waals surface area (Å²) in [5.41, 5.74) is -0.151. The van der Waals surface area contributed by atoms with Gasteiger partial charge in [0.2, 0.25) is 35.4 Å². The summed E-state index contributed by atoms with van der Waals surface area (Å²) in [5, 5.41) is 38.7. The first kappa shape index (κ1) is 48.8. The quantitative estimate of drug-likeness (QED) is 0.126. The molecule has 2 saturated heterocycles. The van der Waals surface area contributed by atoms with Gasteiger partial charge in [0.05, 0.1) is 18.6 Å². The normalized spacial score (nSPS) is 26.1. The van der Waals surface area contributed by atoms with E-state index in [4.69, 9.17) is 4.74 Å². The van der Waals surface area contributed by atoms with Gasteiger partial charge in [0.15, 0.2) is 6.17 Å². The first-order valence-corrected chi connectivity index (χ1v) is 20.2. The number of aliphatic hydroxyl groups excluding tert-OH is 1. The van der Waals surface area contributed by atoms with Crippen LogP contribution in [0.2, 0.25) is 0 Å². The Morgan fingerprint density at radius 1 is 0.883 bits per heavy atom. The van der Waals surface area contributed by atoms with E-state index in [2.05, 4.69) is 43.8 Å². The number of carboxylic acid groups (broad SMARTS) is 1. The highest BCUT2D eigenvalue weighted by Gasteiger charge is 2.43. The molecule has 0 spiro atoms. The molecule has 2 aliphatic rings. The SMILES string of the molecule is C=CCOc1ccc(C[C@@H]2NC(=O)[C@@H]3CCCN3[C@H](C(=O)NC(C)(C)C)NC(=O)[C@H]([C@@H](C)O)NC(=O)[C@@H](CC(=O)O)NC(=O)[C@H](CC(C)C)NC(=O)C[C@H](C)NC2=O)cc1. The minimum absolute atomic E-state index is 0.0134. The van der Waals surface area contributed by atoms with Crippen molar-refractivity contribution in [2.75, 3.05) is 13.2 Å². The third-order valence-electron chi connectivity index (χ3n) is 9.63. The zero-order chi connectivity index (χ0) is 44.9. The number of fused-ring (bicyclic) bond motifs is 1. The number of nitrogens with one attached hydrogen (secondary N) is 7. The molecular formula is C41H62N8O11. The van der Waals surface area contributed by atoms with Gasteiger partial charge < -0.3 is 52.2 Å². The predicted octanol–water partition coefficient (Wildman–Crippen LogP) is -0.635. The average Bonchev–Trinajstić information content (AvgIpc) is 3.62. The number of nitrogens with zero attached hydrogens (tertiary/aromatic N) is 1. The van der Waals surface area contributed by atoms with E-state index in [0.29, 0.717) is 17.7 Å². The molecule has 7 amide bonds. The predicted molar refractivity (Wildman–Crippen MR) is 219 cm³/mol. The van der Waals surface area contributed by atoms with E-state index < -0.39 is 108 Å². The van der Waals surface area contributed by atoms with Crippen molar-refractivity contribution in [2.24, 2.45) is 5.92 Å². The lowest BCUT2D eigenvalue weighted by molar-refractivity contribution is -0.143. The van der Waals surface area contributed by atoms with E-state index in [1.54, 1.807) is 71.9 Å². The number of hydrogen-bond donors (Lipinski definition) is 9. The zero-order valence-electron chi connectivity index (χ0n) is 35.5. The Bertz CT molecular complexity index is 1730. The molecule has 1 aromatic carbocycles. The fourth-order valence-corrected chi connectivity index (χ4v) is 6.87. The van der Waals surface area contributed by atoms with Crippen LogP contribution in [0, 0.1) is 5.92 Å². The minimum atomic E-state index is -1.77. The first-order valence-electron chi connectivity index (χ1n) is 20.2. The monoisotopic (exact) mass is 842 g/mol. The van der Waals surface area contributed by atoms with Gasteiger partial charge in [-0.15, -0.1) is 0 Å². The lowest BCUT2D eigenvalue weighted by Crippen LogP contribution is -2.66. The van der Waals surface area contributed by atoms with Crippen LogP contribution in [0.25, 0.3) is 0 Å². The molecule has 60 heavy (non-hydrogen) atoms. The molecule has 0 bridgehead atoms. The highest BCUT2D eigenvalue weighted by Crippen LogP contribution is 2.22. The maximum atomic E-state index is 14.2. The molecular weight excluding hydrogens is 780 g/mol. The van der Waals surface area contributed by atoms with Gasteiger partial charge >= 0.3 is 5.97 Å². The Morgan fingerprint density at radius 2 is 1.50 bits per heavy atom. The van der Waals surface area contributed by atoms with Gasteiger partial charge in [0, 0.05) is 31.0 Å². The molecule has 2 heterocycles. The second kappa shape index (κ2) is 22.2. The van der Waals surface area contributed by atoms with Crippen LogP contribution in [0.4, 0.5) is 0 Å². The molecule has 0 aliphatic carbocycles. The van der Waals surface area contributed by atoms with Gasteiger partial charge in [-0.2, -0.15) is 0 Å². The van der Waals surface area contributed by atoms with Crippen LogP contribution < -0.4 is 42.0 Å². The van der Waals surface area contributed by atoms with Crippen molar-refractivity contribution in [3.05, 3.63) is 42.5 Å². The van der Waals surface area contributed by atoms with Crippen molar-refractivity contribution in [3.8, 4) is 5.75 Å². The maximum absolute atomic E-state index is 14.2. The standard InChI is InChI=1S/C41H62N8O11/c1-9-17-60-26-14-12-25(13-15-26)20-28-35(54)42-23(4)19-31(51)43-27(18-22(2)3)36(55)44-29(21-32(52)53)37(56)46-33(24(5)50)39(58)47-34(40(59)48-41(6,7)8)49-16-10-11-30(49)38(57)45-28/h9,12-15,22-24,27-30,33-34,50H,1,10-11,16-21H2,2-8H3,(H,42,54)(H,43,51)(H,44,55)(H,45,57)(H,46,56)(H,47,58)(H,48,59)(H,52,53)/t23-,24+,27-,28-,29+,30-,33-,34+/m0/s1. The number of aliphatic hydroxyl groups is 1. The van der Waals surface area contributed by atoms with Crippen LogP contribution >= 0.6 is 0 Å². The van der Waals surface area contributed by atoms with Gasteiger partial charge in [-0.25, -0.2) is 0 Å². The van der Waals surface area contributed by atoms with Gasteiger partial charge in [-0.1, -0.05) is 38.6 Å². The van der Waals surface area contributed by atoms with E-state index >= 15 is 0 Å². The van der Waals surface area contributed by atoms with Crippen molar-refractivity contribution in [2.45, 2.75) is 141 Å². The highest BCUT2D eigenvalue weighted by atomic mass is 16.5. The Kier molecular flexibility index (Phi) is 18.0. The first-order chi connectivity index (χ1) is 28.1. The topological polar surface area (TPSA) is 274 Å². The van der Waals surface area contributed by atoms with Gasteiger partial charge in [-0.05, 0) is 77.5 Å². The summed E-state index contributed by atoms with van der Waals surface area (Å²) in [6.07, 6.45) is -2.02. The molecule has 2 fully saturated rings. The number of carbonyl (C=O) groups is 8. The molecule has 19 nitrogen and oxygen atoms in total. The van der Waals surface area contributed by atoms with E-state index in [1.807, 2.05) is 0 Å². The third-order valence-corrected chi connectivity index (χ3v) is 9.63. The molecule has 0 unspecified atom stereocenters. The van der Waals surface area contributed by atoms with E-state index in [9.17, 15) is 48.6 Å². The van der Waals surface area contributed by atoms with Gasteiger partial charge in [-0.3, -0.25) is 43.3 Å².